The summed E-state index contributed by atoms with van der Waals surface area (Å²) < 4.78 is 0. The molecular weight excluding hydrogens is 300 g/mol. The van der Waals surface area contributed by atoms with Gasteiger partial charge in [0.25, 0.3) is 0 Å². The molecule has 0 fully saturated rings. The molecule has 0 spiro atoms. The lowest BCUT2D eigenvalue weighted by Gasteiger charge is -2.08. The first-order valence-electron chi connectivity index (χ1n) is 7.57. The minimum Gasteiger partial charge on any atom is -0.292 e. The van der Waals surface area contributed by atoms with Gasteiger partial charge in [-0.1, -0.05) is 36.4 Å². The highest BCUT2D eigenvalue weighted by Gasteiger charge is 2.06. The molecule has 0 aliphatic rings. The summed E-state index contributed by atoms with van der Waals surface area (Å²) in [7, 11) is 0. The maximum Gasteiger partial charge on any atom is 0.326 e. The third-order valence-corrected chi connectivity index (χ3v) is 3.68. The quantitative estimate of drug-likeness (QED) is 0.575. The van der Waals surface area contributed by atoms with Gasteiger partial charge in [0.15, 0.2) is 0 Å². The molecule has 5 nitrogen and oxygen atoms in total. The predicted octanol–water partition coefficient (Wildman–Crippen LogP) is 4.43. The molecule has 2 aromatic heterocycles. The highest BCUT2D eigenvalue weighted by Crippen LogP contribution is 2.16. The van der Waals surface area contributed by atoms with Gasteiger partial charge in [-0.05, 0) is 36.4 Å². The third-order valence-electron chi connectivity index (χ3n) is 3.68. The Labute approximate surface area is 138 Å². The molecule has 24 heavy (non-hydrogen) atoms. The van der Waals surface area contributed by atoms with Crippen LogP contribution >= 0.6 is 0 Å². The first-order valence-corrected chi connectivity index (χ1v) is 7.57. The van der Waals surface area contributed by atoms with Gasteiger partial charge < -0.3 is 0 Å². The van der Waals surface area contributed by atoms with Crippen molar-refractivity contribution in [3.05, 3.63) is 72.8 Å². The summed E-state index contributed by atoms with van der Waals surface area (Å²) in [4.78, 5) is 21.0. The van der Waals surface area contributed by atoms with Crippen molar-refractivity contribution in [1.29, 1.82) is 0 Å². The second-order valence-electron chi connectivity index (χ2n) is 5.36. The Kier molecular flexibility index (Phi) is 3.51. The Balaban J connectivity index is 1.52. The highest BCUT2D eigenvalue weighted by atomic mass is 16.2. The molecular formula is C19H14N4O. The minimum atomic E-state index is -0.374. The fourth-order valence-electron chi connectivity index (χ4n) is 2.54. The maximum atomic E-state index is 12.2. The van der Waals surface area contributed by atoms with Crippen LogP contribution in [0.25, 0.3) is 21.8 Å². The van der Waals surface area contributed by atoms with Crippen molar-refractivity contribution in [2.45, 2.75) is 0 Å². The Hall–Kier alpha value is -3.47. The van der Waals surface area contributed by atoms with E-state index in [-0.39, 0.29) is 6.03 Å². The normalized spacial score (nSPS) is 10.7. The van der Waals surface area contributed by atoms with Gasteiger partial charge in [-0.2, -0.15) is 0 Å². The lowest BCUT2D eigenvalue weighted by Crippen LogP contribution is -2.20. The molecule has 0 radical (unpaired) electrons. The number of nitrogens with zero attached hydrogens (tertiary/aromatic N) is 2. The van der Waals surface area contributed by atoms with E-state index in [4.69, 9.17) is 0 Å². The number of anilines is 2. The zero-order valence-electron chi connectivity index (χ0n) is 12.7. The second kappa shape index (κ2) is 5.96. The summed E-state index contributed by atoms with van der Waals surface area (Å²) in [5.74, 6) is 0.985. The number of pyridine rings is 2. The zero-order valence-corrected chi connectivity index (χ0v) is 12.7. The van der Waals surface area contributed by atoms with E-state index in [0.29, 0.717) is 11.6 Å². The molecule has 2 N–H and O–H groups in total. The molecule has 0 aliphatic carbocycles. The molecule has 0 atom stereocenters. The van der Waals surface area contributed by atoms with Crippen LogP contribution < -0.4 is 10.6 Å². The van der Waals surface area contributed by atoms with E-state index in [9.17, 15) is 4.79 Å². The first kappa shape index (κ1) is 14.1. The van der Waals surface area contributed by atoms with Crippen LogP contribution in [0.2, 0.25) is 0 Å². The lowest BCUT2D eigenvalue weighted by atomic mass is 10.2. The van der Waals surface area contributed by atoms with Gasteiger partial charge in [0.2, 0.25) is 0 Å². The number of fused-ring (bicyclic) bond motifs is 2. The fourth-order valence-corrected chi connectivity index (χ4v) is 2.54. The molecule has 4 aromatic rings. The van der Waals surface area contributed by atoms with Gasteiger partial charge in [0, 0.05) is 10.8 Å². The third kappa shape index (κ3) is 2.87. The number of nitrogens with one attached hydrogen (secondary N) is 2. The summed E-state index contributed by atoms with van der Waals surface area (Å²) in [6.07, 6.45) is 0. The monoisotopic (exact) mass is 314 g/mol. The number of hydrogen-bond acceptors (Lipinski definition) is 3. The summed E-state index contributed by atoms with van der Waals surface area (Å²) in [5, 5.41) is 7.51. The van der Waals surface area contributed by atoms with Crippen molar-refractivity contribution in [2.75, 3.05) is 10.6 Å². The van der Waals surface area contributed by atoms with Crippen LogP contribution in [0.1, 0.15) is 0 Å². The summed E-state index contributed by atoms with van der Waals surface area (Å²) >= 11 is 0. The van der Waals surface area contributed by atoms with E-state index in [2.05, 4.69) is 20.6 Å². The van der Waals surface area contributed by atoms with Crippen LogP contribution in [0.3, 0.4) is 0 Å². The molecule has 116 valence electrons. The Morgan fingerprint density at radius 2 is 1.08 bits per heavy atom. The SMILES string of the molecule is O=C(Nc1ccc2ccccc2n1)Nc1ccc2ccccc2n1. The molecule has 0 unspecified atom stereocenters. The molecule has 2 amide bonds. The summed E-state index contributed by atoms with van der Waals surface area (Å²) in [5.41, 5.74) is 1.67. The number of rotatable bonds is 2. The standard InChI is InChI=1S/C19H14N4O/c24-19(22-17-11-9-13-5-1-3-7-15(13)20-17)23-18-12-10-14-6-2-4-8-16(14)21-18/h1-12H,(H2,20,21,22,23,24). The van der Waals surface area contributed by atoms with Crippen LogP contribution in [0.15, 0.2) is 72.8 Å². The second-order valence-corrected chi connectivity index (χ2v) is 5.36. The van der Waals surface area contributed by atoms with Crippen molar-refractivity contribution in [2.24, 2.45) is 0 Å². The largest absolute Gasteiger partial charge is 0.326 e. The van der Waals surface area contributed by atoms with E-state index in [1.807, 2.05) is 60.7 Å². The number of carbonyl (C=O) groups is 1. The number of amides is 2. The van der Waals surface area contributed by atoms with Crippen molar-refractivity contribution >= 4 is 39.5 Å². The van der Waals surface area contributed by atoms with Crippen molar-refractivity contribution in [1.82, 2.24) is 9.97 Å². The van der Waals surface area contributed by atoms with Crippen LogP contribution in [0, 0.1) is 0 Å². The molecule has 2 aromatic carbocycles. The number of hydrogen-bond donors (Lipinski definition) is 2. The number of para-hydroxylation sites is 2. The predicted molar refractivity (Wildman–Crippen MR) is 96.1 cm³/mol. The van der Waals surface area contributed by atoms with Crippen molar-refractivity contribution in [3.63, 3.8) is 0 Å². The number of aromatic nitrogens is 2. The highest BCUT2D eigenvalue weighted by molar-refractivity contribution is 5.99. The van der Waals surface area contributed by atoms with Gasteiger partial charge >= 0.3 is 6.03 Å². The number of urea groups is 1. The van der Waals surface area contributed by atoms with E-state index in [0.717, 1.165) is 21.8 Å². The molecule has 0 aliphatic heterocycles. The Morgan fingerprint density at radius 1 is 0.625 bits per heavy atom. The van der Waals surface area contributed by atoms with Crippen LogP contribution in [-0.2, 0) is 0 Å². The zero-order chi connectivity index (χ0) is 16.4. The van der Waals surface area contributed by atoms with Gasteiger partial charge in [-0.15, -0.1) is 0 Å². The van der Waals surface area contributed by atoms with Gasteiger partial charge in [0.1, 0.15) is 11.6 Å². The number of carbonyl (C=O) groups excluding carboxylic acids is 1. The molecule has 0 saturated heterocycles. The van der Waals surface area contributed by atoms with Crippen LogP contribution in [-0.4, -0.2) is 16.0 Å². The summed E-state index contributed by atoms with van der Waals surface area (Å²) in [6, 6.07) is 22.5. The van der Waals surface area contributed by atoms with E-state index in [1.54, 1.807) is 12.1 Å². The number of benzene rings is 2. The average Bonchev–Trinajstić information content (AvgIpc) is 2.61. The molecule has 0 bridgehead atoms. The van der Waals surface area contributed by atoms with Gasteiger partial charge in [0.05, 0.1) is 11.0 Å². The van der Waals surface area contributed by atoms with E-state index in [1.165, 1.54) is 0 Å². The minimum absolute atomic E-state index is 0.374. The maximum absolute atomic E-state index is 12.2. The average molecular weight is 314 g/mol. The topological polar surface area (TPSA) is 66.9 Å². The summed E-state index contributed by atoms with van der Waals surface area (Å²) in [6.45, 7) is 0. The molecule has 4 rings (SSSR count). The fraction of sp³-hybridized carbons (Fsp3) is 0. The van der Waals surface area contributed by atoms with E-state index >= 15 is 0 Å². The first-order chi connectivity index (χ1) is 11.8. The Bertz CT molecular complexity index is 962. The molecule has 2 heterocycles. The smallest absolute Gasteiger partial charge is 0.292 e. The van der Waals surface area contributed by atoms with Crippen LogP contribution in [0.5, 0.6) is 0 Å². The van der Waals surface area contributed by atoms with Crippen molar-refractivity contribution < 1.29 is 4.79 Å². The molecule has 5 heteroatoms. The molecule has 0 saturated carbocycles. The van der Waals surface area contributed by atoms with Gasteiger partial charge in [-0.3, -0.25) is 10.6 Å². The van der Waals surface area contributed by atoms with Crippen LogP contribution in [0.4, 0.5) is 16.4 Å². The van der Waals surface area contributed by atoms with Gasteiger partial charge in [-0.25, -0.2) is 14.8 Å². The van der Waals surface area contributed by atoms with E-state index < -0.39 is 0 Å². The Morgan fingerprint density at radius 3 is 1.58 bits per heavy atom. The van der Waals surface area contributed by atoms with Crippen molar-refractivity contribution in [3.8, 4) is 0 Å². The lowest BCUT2D eigenvalue weighted by molar-refractivity contribution is 0.262.